The highest BCUT2D eigenvalue weighted by atomic mass is 32.1. The number of nitrogens with two attached hydrogens (primary N) is 1. The molecule has 1 aromatic heterocycles. The van der Waals surface area contributed by atoms with Crippen molar-refractivity contribution < 1.29 is 4.79 Å². The zero-order valence-corrected chi connectivity index (χ0v) is 16.7. The van der Waals surface area contributed by atoms with Gasteiger partial charge in [-0.05, 0) is 40.3 Å². The molecule has 2 heterocycles. The first-order chi connectivity index (χ1) is 13.5. The lowest BCUT2D eigenvalue weighted by atomic mass is 9.72. The van der Waals surface area contributed by atoms with Crippen molar-refractivity contribution in [3.05, 3.63) is 80.9 Å². The Bertz CT molecular complexity index is 999. The normalized spacial score (nSPS) is 22.5. The topological polar surface area (TPSA) is 73.4 Å². The fourth-order valence-electron chi connectivity index (χ4n) is 4.30. The molecule has 0 saturated carbocycles. The second-order valence-corrected chi connectivity index (χ2v) is 8.14. The Morgan fingerprint density at radius 3 is 2.54 bits per heavy atom. The van der Waals surface area contributed by atoms with E-state index >= 15 is 0 Å². The van der Waals surface area contributed by atoms with Gasteiger partial charge in [-0.15, -0.1) is 0 Å². The average Bonchev–Trinajstić information content (AvgIpc) is 3.21. The zero-order valence-electron chi connectivity index (χ0n) is 15.9. The molecule has 2 atom stereocenters. The Morgan fingerprint density at radius 2 is 1.93 bits per heavy atom. The van der Waals surface area contributed by atoms with Gasteiger partial charge in [0.2, 0.25) is 0 Å². The molecule has 4 rings (SSSR count). The number of hydrogen-bond donors (Lipinski definition) is 1. The monoisotopic (exact) mass is 390 g/mol. The number of nitrogens with zero attached hydrogens (tertiary/aromatic N) is 3. The number of rotatable bonds is 3. The summed E-state index contributed by atoms with van der Waals surface area (Å²) in [6.45, 7) is 0. The number of hydrazine groups is 1. The molecule has 0 saturated heterocycles. The molecule has 1 aliphatic heterocycles. The number of hydrogen-bond acceptors (Lipinski definition) is 6. The Kier molecular flexibility index (Phi) is 4.80. The highest BCUT2D eigenvalue weighted by molar-refractivity contribution is 7.08. The van der Waals surface area contributed by atoms with Crippen LogP contribution in [0.15, 0.2) is 69.8 Å². The third kappa shape index (κ3) is 2.93. The van der Waals surface area contributed by atoms with E-state index in [-0.39, 0.29) is 17.6 Å². The van der Waals surface area contributed by atoms with Gasteiger partial charge in [0, 0.05) is 31.8 Å². The fourth-order valence-corrected chi connectivity index (χ4v) is 4.99. The fraction of sp³-hybridized carbons (Fsp3) is 0.273. The Hall–Kier alpha value is -2.88. The highest BCUT2D eigenvalue weighted by Crippen LogP contribution is 2.48. The van der Waals surface area contributed by atoms with Gasteiger partial charge >= 0.3 is 0 Å². The standard InChI is InChI=1S/C22H22N4OS/c1-25(2)26-18-10-16(14-6-4-3-5-7-14)11-19(27)21(18)20(15-8-9-28-13-15)17(12-23)22(26)24/h3-9,13,16,20H,10-11,24H2,1-2H3/t16-,20-/m0/s1. The van der Waals surface area contributed by atoms with Crippen LogP contribution in [-0.4, -0.2) is 29.9 Å². The molecule has 0 spiro atoms. The molecule has 1 aliphatic carbocycles. The number of ketones is 1. The van der Waals surface area contributed by atoms with Crippen molar-refractivity contribution in [2.24, 2.45) is 5.73 Å². The minimum absolute atomic E-state index is 0.0957. The van der Waals surface area contributed by atoms with Crippen molar-refractivity contribution in [2.45, 2.75) is 24.7 Å². The second kappa shape index (κ2) is 7.27. The Morgan fingerprint density at radius 1 is 1.18 bits per heavy atom. The van der Waals surface area contributed by atoms with Gasteiger partial charge in [-0.1, -0.05) is 30.3 Å². The van der Waals surface area contributed by atoms with Gasteiger partial charge in [0.05, 0.1) is 17.6 Å². The maximum atomic E-state index is 13.4. The predicted molar refractivity (Wildman–Crippen MR) is 110 cm³/mol. The largest absolute Gasteiger partial charge is 0.383 e. The van der Waals surface area contributed by atoms with E-state index in [2.05, 4.69) is 18.2 Å². The molecule has 0 amide bonds. The van der Waals surface area contributed by atoms with Crippen LogP contribution < -0.4 is 5.73 Å². The molecule has 0 fully saturated rings. The summed E-state index contributed by atoms with van der Waals surface area (Å²) in [6.07, 6.45) is 1.16. The number of thiophene rings is 1. The van der Waals surface area contributed by atoms with E-state index in [1.165, 1.54) is 0 Å². The second-order valence-electron chi connectivity index (χ2n) is 7.36. The van der Waals surface area contributed by atoms with Crippen LogP contribution in [-0.2, 0) is 4.79 Å². The number of carbonyl (C=O) groups is 1. The van der Waals surface area contributed by atoms with Crippen molar-refractivity contribution in [1.82, 2.24) is 10.0 Å². The van der Waals surface area contributed by atoms with Gasteiger partial charge in [0.25, 0.3) is 0 Å². The van der Waals surface area contributed by atoms with Crippen LogP contribution in [0.2, 0.25) is 0 Å². The lowest BCUT2D eigenvalue weighted by Crippen LogP contribution is -2.45. The lowest BCUT2D eigenvalue weighted by Gasteiger charge is -2.43. The van der Waals surface area contributed by atoms with E-state index in [0.29, 0.717) is 29.8 Å². The number of allylic oxidation sites excluding steroid dienone is 3. The molecule has 5 nitrogen and oxygen atoms in total. The summed E-state index contributed by atoms with van der Waals surface area (Å²) < 4.78 is 0. The molecule has 2 aromatic rings. The summed E-state index contributed by atoms with van der Waals surface area (Å²) >= 11 is 1.56. The summed E-state index contributed by atoms with van der Waals surface area (Å²) in [6, 6.07) is 14.4. The number of carbonyl (C=O) groups excluding carboxylic acids is 1. The van der Waals surface area contributed by atoms with Crippen LogP contribution in [0.25, 0.3) is 0 Å². The molecule has 28 heavy (non-hydrogen) atoms. The molecule has 2 aliphatic rings. The zero-order chi connectivity index (χ0) is 19.8. The van der Waals surface area contributed by atoms with Gasteiger partial charge in [-0.2, -0.15) is 16.6 Å². The molecule has 0 radical (unpaired) electrons. The summed E-state index contributed by atoms with van der Waals surface area (Å²) in [4.78, 5) is 13.4. The maximum Gasteiger partial charge on any atom is 0.162 e. The molecule has 6 heteroatoms. The lowest BCUT2D eigenvalue weighted by molar-refractivity contribution is -0.117. The van der Waals surface area contributed by atoms with E-state index in [1.807, 2.05) is 59.1 Å². The Balaban J connectivity index is 1.88. The molecule has 1 aromatic carbocycles. The smallest absolute Gasteiger partial charge is 0.162 e. The van der Waals surface area contributed by atoms with Crippen LogP contribution in [0, 0.1) is 11.3 Å². The van der Waals surface area contributed by atoms with Gasteiger partial charge in [-0.3, -0.25) is 9.80 Å². The number of benzene rings is 1. The van der Waals surface area contributed by atoms with Gasteiger partial charge in [0.1, 0.15) is 5.82 Å². The molecule has 2 N–H and O–H groups in total. The first-order valence-electron chi connectivity index (χ1n) is 9.23. The first kappa shape index (κ1) is 18.5. The Labute approximate surface area is 169 Å². The third-order valence-electron chi connectivity index (χ3n) is 5.49. The van der Waals surface area contributed by atoms with E-state index in [4.69, 9.17) is 5.73 Å². The quantitative estimate of drug-likeness (QED) is 0.865. The van der Waals surface area contributed by atoms with Crippen LogP contribution >= 0.6 is 11.3 Å². The summed E-state index contributed by atoms with van der Waals surface area (Å²) in [5, 5.41) is 17.5. The van der Waals surface area contributed by atoms with Gasteiger partial charge in [0.15, 0.2) is 5.78 Å². The molecule has 0 unspecified atom stereocenters. The molecule has 142 valence electrons. The number of Topliss-reactive ketones (excluding diaryl/α,β-unsaturated/α-hetero) is 1. The van der Waals surface area contributed by atoms with Crippen molar-refractivity contribution in [1.29, 1.82) is 5.26 Å². The number of nitriles is 1. The molecular formula is C22H22N4OS. The van der Waals surface area contributed by atoms with Crippen LogP contribution in [0.1, 0.15) is 35.8 Å². The maximum absolute atomic E-state index is 13.4. The van der Waals surface area contributed by atoms with Crippen LogP contribution in [0.3, 0.4) is 0 Å². The highest BCUT2D eigenvalue weighted by Gasteiger charge is 2.43. The van der Waals surface area contributed by atoms with Gasteiger partial charge in [-0.25, -0.2) is 5.01 Å². The van der Waals surface area contributed by atoms with Crippen LogP contribution in [0.5, 0.6) is 0 Å². The minimum Gasteiger partial charge on any atom is -0.383 e. The van der Waals surface area contributed by atoms with E-state index < -0.39 is 0 Å². The predicted octanol–water partition coefficient (Wildman–Crippen LogP) is 3.72. The van der Waals surface area contributed by atoms with E-state index in [1.54, 1.807) is 11.3 Å². The van der Waals surface area contributed by atoms with Crippen molar-refractivity contribution in [2.75, 3.05) is 14.1 Å². The van der Waals surface area contributed by atoms with E-state index in [9.17, 15) is 10.1 Å². The van der Waals surface area contributed by atoms with Gasteiger partial charge < -0.3 is 5.73 Å². The summed E-state index contributed by atoms with van der Waals surface area (Å²) in [5.41, 5.74) is 10.6. The average molecular weight is 391 g/mol. The molecule has 0 bridgehead atoms. The van der Waals surface area contributed by atoms with Crippen molar-refractivity contribution in [3.63, 3.8) is 0 Å². The molecular weight excluding hydrogens is 368 g/mol. The summed E-state index contributed by atoms with van der Waals surface area (Å²) in [5.74, 6) is 0.225. The summed E-state index contributed by atoms with van der Waals surface area (Å²) in [7, 11) is 3.77. The SMILES string of the molecule is CN(C)N1C(N)=C(C#N)[C@H](c2ccsc2)C2=C1C[C@H](c1ccccc1)CC2=O. The first-order valence-corrected chi connectivity index (χ1v) is 10.2. The third-order valence-corrected chi connectivity index (χ3v) is 6.19. The minimum atomic E-state index is -0.383. The van der Waals surface area contributed by atoms with E-state index in [0.717, 1.165) is 16.8 Å². The van der Waals surface area contributed by atoms with Crippen molar-refractivity contribution in [3.8, 4) is 6.07 Å². The van der Waals surface area contributed by atoms with Crippen LogP contribution in [0.4, 0.5) is 0 Å². The van der Waals surface area contributed by atoms with Crippen molar-refractivity contribution >= 4 is 17.1 Å².